The van der Waals surface area contributed by atoms with Crippen molar-refractivity contribution in [2.45, 2.75) is 37.5 Å². The first-order valence-corrected chi connectivity index (χ1v) is 9.87. The van der Waals surface area contributed by atoms with Crippen LogP contribution in [0.2, 0.25) is 0 Å². The number of benzene rings is 1. The molecule has 21 heavy (non-hydrogen) atoms. The molecule has 1 aromatic heterocycles. The van der Waals surface area contributed by atoms with E-state index in [4.69, 9.17) is 11.6 Å². The summed E-state index contributed by atoms with van der Waals surface area (Å²) in [6.07, 6.45) is 4.57. The predicted octanol–water partition coefficient (Wildman–Crippen LogP) is 4.85. The molecule has 2 nitrogen and oxygen atoms in total. The van der Waals surface area contributed by atoms with Gasteiger partial charge in [0.15, 0.2) is 0 Å². The number of rotatable bonds is 4. The highest BCUT2D eigenvalue weighted by molar-refractivity contribution is 14.1. The third-order valence-corrected chi connectivity index (χ3v) is 6.24. The second-order valence-electron chi connectivity index (χ2n) is 5.32. The van der Waals surface area contributed by atoms with E-state index < -0.39 is 0 Å². The number of hydrogen-bond acceptors (Lipinski definition) is 2. The van der Waals surface area contributed by atoms with Crippen molar-refractivity contribution in [1.82, 2.24) is 9.55 Å². The first-order chi connectivity index (χ1) is 10.2. The van der Waals surface area contributed by atoms with Crippen LogP contribution < -0.4 is 0 Å². The quantitative estimate of drug-likeness (QED) is 0.502. The smallest absolute Gasteiger partial charge is 0.138 e. The average Bonchev–Trinajstić information content (AvgIpc) is 2.79. The lowest BCUT2D eigenvalue weighted by molar-refractivity contribution is 0.576. The number of fused-ring (bicyclic) bond motifs is 1. The van der Waals surface area contributed by atoms with Crippen LogP contribution in [0.5, 0.6) is 0 Å². The molecule has 0 bridgehead atoms. The Hall–Kier alpha value is -0.0100. The Morgan fingerprint density at radius 1 is 1.43 bits per heavy atom. The lowest BCUT2D eigenvalue weighted by Crippen LogP contribution is -2.18. The fourth-order valence-corrected chi connectivity index (χ4v) is 4.72. The Balaban J connectivity index is 2.00. The van der Waals surface area contributed by atoms with E-state index in [0.29, 0.717) is 14.7 Å². The summed E-state index contributed by atoms with van der Waals surface area (Å²) in [6.45, 7) is 0.910. The molecule has 1 atom stereocenters. The normalized spacial score (nSPS) is 19.3. The Morgan fingerprint density at radius 3 is 3.00 bits per heavy atom. The Kier molecular flexibility index (Phi) is 5.32. The van der Waals surface area contributed by atoms with E-state index in [1.54, 1.807) is 6.07 Å². The monoisotopic (exact) mass is 438 g/mol. The minimum absolute atomic E-state index is 0.169. The number of thioether (sulfide) groups is 1. The topological polar surface area (TPSA) is 17.8 Å². The lowest BCUT2D eigenvalue weighted by atomic mass is 10.2. The summed E-state index contributed by atoms with van der Waals surface area (Å²) in [7, 11) is 0. The fraction of sp³-hybridized carbons (Fsp3) is 0.533. The zero-order chi connectivity index (χ0) is 14.8. The molecule has 114 valence electrons. The van der Waals surface area contributed by atoms with Gasteiger partial charge in [-0.1, -0.05) is 6.42 Å². The number of halogens is 3. The minimum atomic E-state index is -0.169. The van der Waals surface area contributed by atoms with Crippen LogP contribution in [0, 0.1) is 9.39 Å². The Morgan fingerprint density at radius 2 is 2.29 bits per heavy atom. The molecule has 6 heteroatoms. The number of nitrogens with zero attached hydrogens (tertiary/aromatic N) is 2. The van der Waals surface area contributed by atoms with Crippen LogP contribution in [-0.4, -0.2) is 26.4 Å². The van der Waals surface area contributed by atoms with Gasteiger partial charge < -0.3 is 4.57 Å². The standard InChI is InChI=1S/C15H17ClFIN2S/c16-5-4-15-19-13-8-12(18)11(17)7-14(13)20(15)9-10-3-1-2-6-21-10/h7-8,10H,1-6,9H2. The number of aryl methyl sites for hydroxylation is 1. The van der Waals surface area contributed by atoms with Gasteiger partial charge in [-0.3, -0.25) is 0 Å². The van der Waals surface area contributed by atoms with Gasteiger partial charge in [0.25, 0.3) is 0 Å². The molecule has 1 aliphatic heterocycles. The van der Waals surface area contributed by atoms with E-state index in [9.17, 15) is 4.39 Å². The van der Waals surface area contributed by atoms with Crippen molar-refractivity contribution in [3.05, 3.63) is 27.3 Å². The molecule has 0 amide bonds. The highest BCUT2D eigenvalue weighted by Crippen LogP contribution is 2.29. The summed E-state index contributed by atoms with van der Waals surface area (Å²) in [5.41, 5.74) is 1.78. The lowest BCUT2D eigenvalue weighted by Gasteiger charge is -2.22. The van der Waals surface area contributed by atoms with Gasteiger partial charge in [0.2, 0.25) is 0 Å². The van der Waals surface area contributed by atoms with Crippen LogP contribution in [0.1, 0.15) is 25.1 Å². The van der Waals surface area contributed by atoms with Crippen molar-refractivity contribution in [1.29, 1.82) is 0 Å². The maximum absolute atomic E-state index is 13.9. The molecule has 3 rings (SSSR count). The van der Waals surface area contributed by atoms with Crippen LogP contribution in [0.3, 0.4) is 0 Å². The van der Waals surface area contributed by atoms with E-state index in [2.05, 4.69) is 9.55 Å². The largest absolute Gasteiger partial charge is 0.327 e. The van der Waals surface area contributed by atoms with Crippen LogP contribution >= 0.6 is 46.0 Å². The van der Waals surface area contributed by atoms with Crippen molar-refractivity contribution >= 4 is 57.0 Å². The van der Waals surface area contributed by atoms with Crippen molar-refractivity contribution in [3.63, 3.8) is 0 Å². The zero-order valence-corrected chi connectivity index (χ0v) is 15.3. The van der Waals surface area contributed by atoms with Gasteiger partial charge in [-0.15, -0.1) is 11.6 Å². The van der Waals surface area contributed by atoms with Gasteiger partial charge in [-0.2, -0.15) is 11.8 Å². The van der Waals surface area contributed by atoms with Gasteiger partial charge in [-0.05, 0) is 47.3 Å². The van der Waals surface area contributed by atoms with Crippen molar-refractivity contribution < 1.29 is 4.39 Å². The summed E-state index contributed by atoms with van der Waals surface area (Å²) in [6, 6.07) is 3.45. The highest BCUT2D eigenvalue weighted by atomic mass is 127. The maximum Gasteiger partial charge on any atom is 0.138 e. The molecule has 1 aliphatic rings. The second-order valence-corrected chi connectivity index (χ2v) is 8.27. The molecule has 0 N–H and O–H groups in total. The number of imidazole rings is 1. The van der Waals surface area contributed by atoms with Gasteiger partial charge in [0.1, 0.15) is 11.6 Å². The van der Waals surface area contributed by atoms with Crippen molar-refractivity contribution in [2.75, 3.05) is 11.6 Å². The van der Waals surface area contributed by atoms with Gasteiger partial charge in [0.05, 0.1) is 14.6 Å². The summed E-state index contributed by atoms with van der Waals surface area (Å²) < 4.78 is 16.7. The first kappa shape index (κ1) is 15.9. The number of alkyl halides is 1. The molecule has 1 fully saturated rings. The van der Waals surface area contributed by atoms with E-state index in [0.717, 1.165) is 29.8 Å². The second kappa shape index (κ2) is 7.04. The molecule has 1 saturated heterocycles. The first-order valence-electron chi connectivity index (χ1n) is 7.21. The summed E-state index contributed by atoms with van der Waals surface area (Å²) in [5.74, 6) is 2.58. The van der Waals surface area contributed by atoms with E-state index in [-0.39, 0.29) is 5.82 Å². The van der Waals surface area contributed by atoms with E-state index in [1.807, 2.05) is 40.4 Å². The molecule has 0 saturated carbocycles. The van der Waals surface area contributed by atoms with Crippen molar-refractivity contribution in [2.24, 2.45) is 0 Å². The summed E-state index contributed by atoms with van der Waals surface area (Å²) in [5, 5.41) is 0.604. The average molecular weight is 439 g/mol. The number of aromatic nitrogens is 2. The SMILES string of the molecule is Fc1cc2c(cc1I)nc(CCCl)n2CC1CCCCS1. The highest BCUT2D eigenvalue weighted by Gasteiger charge is 2.19. The molecule has 0 radical (unpaired) electrons. The molecule has 1 unspecified atom stereocenters. The summed E-state index contributed by atoms with van der Waals surface area (Å²) in [4.78, 5) is 4.67. The zero-order valence-electron chi connectivity index (χ0n) is 11.6. The van der Waals surface area contributed by atoms with Crippen LogP contribution in [-0.2, 0) is 13.0 Å². The number of hydrogen-bond donors (Lipinski definition) is 0. The molecular weight excluding hydrogens is 422 g/mol. The van der Waals surface area contributed by atoms with Gasteiger partial charge in [0, 0.05) is 30.2 Å². The van der Waals surface area contributed by atoms with E-state index in [1.165, 1.54) is 25.0 Å². The maximum atomic E-state index is 13.9. The fourth-order valence-electron chi connectivity index (χ4n) is 2.80. The minimum Gasteiger partial charge on any atom is -0.327 e. The third-order valence-electron chi connectivity index (χ3n) is 3.85. The van der Waals surface area contributed by atoms with Crippen molar-refractivity contribution in [3.8, 4) is 0 Å². The van der Waals surface area contributed by atoms with E-state index >= 15 is 0 Å². The Bertz CT molecular complexity index is 640. The van der Waals surface area contributed by atoms with Crippen LogP contribution in [0.15, 0.2) is 12.1 Å². The molecule has 1 aromatic carbocycles. The molecular formula is C15H17ClFIN2S. The predicted molar refractivity (Wildman–Crippen MR) is 96.9 cm³/mol. The van der Waals surface area contributed by atoms with Gasteiger partial charge in [-0.25, -0.2) is 9.37 Å². The van der Waals surface area contributed by atoms with Crippen LogP contribution in [0.4, 0.5) is 4.39 Å². The molecule has 0 aliphatic carbocycles. The Labute approximate surface area is 147 Å². The summed E-state index contributed by atoms with van der Waals surface area (Å²) >= 11 is 9.95. The van der Waals surface area contributed by atoms with Gasteiger partial charge >= 0.3 is 0 Å². The molecule has 2 aromatic rings. The van der Waals surface area contributed by atoms with Crippen LogP contribution in [0.25, 0.3) is 11.0 Å². The molecule has 0 spiro atoms. The molecule has 2 heterocycles. The third kappa shape index (κ3) is 3.50.